The molecular weight excluding hydrogens is 194 g/mol. The molecule has 1 heterocycles. The second-order valence-electron chi connectivity index (χ2n) is 2.00. The van der Waals surface area contributed by atoms with Crippen LogP contribution in [0.25, 0.3) is 0 Å². The third kappa shape index (κ3) is 1.68. The van der Waals surface area contributed by atoms with Gasteiger partial charge in [-0.15, -0.1) is 0 Å². The molecule has 4 heteroatoms. The predicted molar refractivity (Wildman–Crippen MR) is 44.5 cm³/mol. The van der Waals surface area contributed by atoms with Gasteiger partial charge >= 0.3 is 0 Å². The maximum absolute atomic E-state index is 5.15. The minimum Gasteiger partial charge on any atom is -0.308 e. The lowest BCUT2D eigenvalue weighted by Crippen LogP contribution is -2.08. The lowest BCUT2D eigenvalue weighted by atomic mass is 10.3. The number of nitrogens with two attached hydrogens (primary N) is 1. The zero-order valence-electron chi connectivity index (χ0n) is 5.56. The summed E-state index contributed by atoms with van der Waals surface area (Å²) in [5, 5.41) is 0. The Hall–Kier alpha value is -0.610. The van der Waals surface area contributed by atoms with Crippen molar-refractivity contribution in [2.75, 3.05) is 5.43 Å². The molecule has 0 aromatic carbocycles. The molecular formula is C6H8BrN3. The monoisotopic (exact) mass is 201 g/mol. The number of nitrogens with one attached hydrogen (secondary N) is 1. The fraction of sp³-hybridized carbons (Fsp3) is 0.167. The van der Waals surface area contributed by atoms with E-state index in [1.807, 2.05) is 19.1 Å². The smallest absolute Gasteiger partial charge is 0.141 e. The summed E-state index contributed by atoms with van der Waals surface area (Å²) in [6, 6.07) is 3.78. The summed E-state index contributed by atoms with van der Waals surface area (Å²) in [5.74, 6) is 5.83. The molecule has 0 radical (unpaired) electrons. The van der Waals surface area contributed by atoms with Crippen molar-refractivity contribution in [2.45, 2.75) is 6.92 Å². The van der Waals surface area contributed by atoms with E-state index in [0.29, 0.717) is 5.82 Å². The number of anilines is 1. The molecule has 0 unspecified atom stereocenters. The maximum Gasteiger partial charge on any atom is 0.141 e. The molecule has 3 N–H and O–H groups in total. The molecule has 1 rings (SSSR count). The number of hydrogen-bond acceptors (Lipinski definition) is 3. The fourth-order valence-corrected chi connectivity index (χ4v) is 1.25. The summed E-state index contributed by atoms with van der Waals surface area (Å²) in [4.78, 5) is 4.03. The van der Waals surface area contributed by atoms with E-state index in [0.717, 1.165) is 10.2 Å². The highest BCUT2D eigenvalue weighted by atomic mass is 79.9. The van der Waals surface area contributed by atoms with Crippen molar-refractivity contribution in [1.29, 1.82) is 0 Å². The largest absolute Gasteiger partial charge is 0.308 e. The van der Waals surface area contributed by atoms with E-state index in [1.165, 1.54) is 0 Å². The summed E-state index contributed by atoms with van der Waals surface area (Å²) in [6.45, 7) is 1.98. The van der Waals surface area contributed by atoms with Crippen molar-refractivity contribution in [2.24, 2.45) is 5.84 Å². The summed E-state index contributed by atoms with van der Waals surface area (Å²) >= 11 is 3.25. The highest BCUT2D eigenvalue weighted by Gasteiger charge is 1.93. The quantitative estimate of drug-likeness (QED) is 0.411. The van der Waals surface area contributed by atoms with E-state index in [-0.39, 0.29) is 0 Å². The molecule has 0 aliphatic carbocycles. The standard InChI is InChI=1S/C6H8BrN3/c1-4-2-5(7)9-6(3-4)10-8/h2-3H,8H2,1H3,(H,9,10). The summed E-state index contributed by atoms with van der Waals surface area (Å²) in [5.41, 5.74) is 3.59. The Morgan fingerprint density at radius 1 is 1.60 bits per heavy atom. The Kier molecular flexibility index (Phi) is 2.24. The number of nitrogen functional groups attached to an aromatic ring is 1. The second kappa shape index (κ2) is 2.98. The van der Waals surface area contributed by atoms with E-state index >= 15 is 0 Å². The maximum atomic E-state index is 5.15. The first kappa shape index (κ1) is 7.50. The number of halogens is 1. The van der Waals surface area contributed by atoms with Gasteiger partial charge < -0.3 is 5.43 Å². The summed E-state index contributed by atoms with van der Waals surface area (Å²) in [6.07, 6.45) is 0. The lowest BCUT2D eigenvalue weighted by molar-refractivity contribution is 1.18. The SMILES string of the molecule is Cc1cc(Br)nc(NN)c1. The van der Waals surface area contributed by atoms with Crippen molar-refractivity contribution < 1.29 is 0 Å². The highest BCUT2D eigenvalue weighted by molar-refractivity contribution is 9.10. The third-order valence-electron chi connectivity index (χ3n) is 1.09. The van der Waals surface area contributed by atoms with Crippen LogP contribution in [0.5, 0.6) is 0 Å². The number of aromatic nitrogens is 1. The number of hydrazine groups is 1. The van der Waals surface area contributed by atoms with Gasteiger partial charge in [0.1, 0.15) is 10.4 Å². The average Bonchev–Trinajstić information content (AvgIpc) is 1.85. The van der Waals surface area contributed by atoms with Crippen LogP contribution in [0.2, 0.25) is 0 Å². The minimum absolute atomic E-state index is 0.673. The third-order valence-corrected chi connectivity index (χ3v) is 1.49. The van der Waals surface area contributed by atoms with Crippen molar-refractivity contribution in [3.8, 4) is 0 Å². The van der Waals surface area contributed by atoms with Gasteiger partial charge in [0.05, 0.1) is 0 Å². The van der Waals surface area contributed by atoms with Gasteiger partial charge in [-0.1, -0.05) is 0 Å². The number of pyridine rings is 1. The Morgan fingerprint density at radius 2 is 2.30 bits per heavy atom. The molecule has 0 fully saturated rings. The molecule has 0 spiro atoms. The van der Waals surface area contributed by atoms with Crippen LogP contribution in [0.4, 0.5) is 5.82 Å². The summed E-state index contributed by atoms with van der Waals surface area (Å²) < 4.78 is 0.792. The van der Waals surface area contributed by atoms with E-state index in [2.05, 4.69) is 26.3 Å². The van der Waals surface area contributed by atoms with Crippen LogP contribution >= 0.6 is 15.9 Å². The molecule has 1 aromatic heterocycles. The average molecular weight is 202 g/mol. The van der Waals surface area contributed by atoms with E-state index in [4.69, 9.17) is 5.84 Å². The molecule has 1 aromatic rings. The Balaban J connectivity index is 3.06. The number of hydrogen-bond donors (Lipinski definition) is 2. The zero-order chi connectivity index (χ0) is 7.56. The van der Waals surface area contributed by atoms with E-state index in [1.54, 1.807) is 0 Å². The number of aryl methyl sites for hydroxylation is 1. The minimum atomic E-state index is 0.673. The van der Waals surface area contributed by atoms with E-state index < -0.39 is 0 Å². The van der Waals surface area contributed by atoms with Gasteiger partial charge in [-0.2, -0.15) is 0 Å². The molecule has 3 nitrogen and oxygen atoms in total. The molecule has 0 aliphatic rings. The first-order valence-corrected chi connectivity index (χ1v) is 3.62. The van der Waals surface area contributed by atoms with Crippen molar-refractivity contribution in [3.63, 3.8) is 0 Å². The Morgan fingerprint density at radius 3 is 2.80 bits per heavy atom. The van der Waals surface area contributed by atoms with Gasteiger partial charge in [-0.05, 0) is 40.5 Å². The van der Waals surface area contributed by atoms with E-state index in [9.17, 15) is 0 Å². The molecule has 0 aliphatic heterocycles. The van der Waals surface area contributed by atoms with Crippen LogP contribution < -0.4 is 11.3 Å². The number of nitrogens with zero attached hydrogens (tertiary/aromatic N) is 1. The van der Waals surface area contributed by atoms with Gasteiger partial charge in [0, 0.05) is 0 Å². The normalized spacial score (nSPS) is 9.50. The van der Waals surface area contributed by atoms with Crippen molar-refractivity contribution in [1.82, 2.24) is 4.98 Å². The first-order valence-electron chi connectivity index (χ1n) is 2.83. The van der Waals surface area contributed by atoms with Gasteiger partial charge in [-0.3, -0.25) is 0 Å². The van der Waals surface area contributed by atoms with Crippen LogP contribution in [-0.4, -0.2) is 4.98 Å². The summed E-state index contributed by atoms with van der Waals surface area (Å²) in [7, 11) is 0. The first-order chi connectivity index (χ1) is 4.72. The van der Waals surface area contributed by atoms with Gasteiger partial charge in [0.2, 0.25) is 0 Å². The fourth-order valence-electron chi connectivity index (χ4n) is 0.699. The van der Waals surface area contributed by atoms with Crippen LogP contribution in [0.3, 0.4) is 0 Å². The van der Waals surface area contributed by atoms with Crippen LogP contribution in [0.15, 0.2) is 16.7 Å². The Bertz CT molecular complexity index is 216. The second-order valence-corrected chi connectivity index (χ2v) is 2.81. The predicted octanol–water partition coefficient (Wildman–Crippen LogP) is 1.44. The lowest BCUT2D eigenvalue weighted by Gasteiger charge is -1.99. The Labute approximate surface area is 67.7 Å². The number of rotatable bonds is 1. The molecule has 54 valence electrons. The molecule has 0 saturated heterocycles. The molecule has 0 atom stereocenters. The van der Waals surface area contributed by atoms with Gasteiger partial charge in [0.25, 0.3) is 0 Å². The molecule has 0 saturated carbocycles. The van der Waals surface area contributed by atoms with Crippen molar-refractivity contribution in [3.05, 3.63) is 22.3 Å². The van der Waals surface area contributed by atoms with Gasteiger partial charge in [0.15, 0.2) is 0 Å². The van der Waals surface area contributed by atoms with Crippen molar-refractivity contribution >= 4 is 21.7 Å². The highest BCUT2D eigenvalue weighted by Crippen LogP contribution is 2.12. The van der Waals surface area contributed by atoms with Crippen LogP contribution in [-0.2, 0) is 0 Å². The van der Waals surface area contributed by atoms with Crippen LogP contribution in [0, 0.1) is 6.92 Å². The topological polar surface area (TPSA) is 50.9 Å². The van der Waals surface area contributed by atoms with Crippen LogP contribution in [0.1, 0.15) is 5.56 Å². The molecule has 0 bridgehead atoms. The molecule has 10 heavy (non-hydrogen) atoms. The molecule has 0 amide bonds. The zero-order valence-corrected chi connectivity index (χ0v) is 7.14. The van der Waals surface area contributed by atoms with Gasteiger partial charge in [-0.25, -0.2) is 10.8 Å².